The molecule has 2 aliphatic rings. The monoisotopic (exact) mass is 462 g/mol. The van der Waals surface area contributed by atoms with Gasteiger partial charge in [0.25, 0.3) is 5.91 Å². The number of fused-ring (bicyclic) bond motifs is 2. The minimum atomic E-state index is -0.730. The molecule has 0 aromatic carbocycles. The van der Waals surface area contributed by atoms with Gasteiger partial charge in [0.15, 0.2) is 5.65 Å². The molecule has 6 rings (SSSR count). The number of nitrogens with one attached hydrogen (secondary N) is 2. The minimum absolute atomic E-state index is 0.209. The average molecular weight is 463 g/mol. The molecule has 0 aliphatic carbocycles. The highest BCUT2D eigenvalue weighted by molar-refractivity contribution is 6.01. The summed E-state index contributed by atoms with van der Waals surface area (Å²) in [5.74, 6) is 0.356. The number of nitrogens with zero attached hydrogens (tertiary/aromatic N) is 6. The lowest BCUT2D eigenvalue weighted by Gasteiger charge is -2.37. The number of likely N-dealkylation sites (N-methyl/N-ethyl adjacent to an activating group) is 1. The van der Waals surface area contributed by atoms with Crippen LogP contribution in [0.3, 0.4) is 0 Å². The number of aliphatic hydroxyl groups excluding tert-OH is 1. The van der Waals surface area contributed by atoms with E-state index in [1.165, 1.54) is 6.20 Å². The van der Waals surface area contributed by atoms with Crippen LogP contribution in [-0.2, 0) is 4.74 Å². The predicted octanol–water partition coefficient (Wildman–Crippen LogP) is 0.764. The highest BCUT2D eigenvalue weighted by Crippen LogP contribution is 2.34. The van der Waals surface area contributed by atoms with Crippen LogP contribution in [0.2, 0.25) is 0 Å². The van der Waals surface area contributed by atoms with Crippen molar-refractivity contribution >= 4 is 28.4 Å². The number of hydrogen-bond acceptors (Lipinski definition) is 8. The molecule has 1 amide bonds. The molecular weight excluding hydrogens is 436 g/mol. The van der Waals surface area contributed by atoms with Gasteiger partial charge in [-0.05, 0) is 19.2 Å². The zero-order valence-electron chi connectivity index (χ0n) is 19.0. The Morgan fingerprint density at radius 2 is 2.12 bits per heavy atom. The van der Waals surface area contributed by atoms with Crippen LogP contribution in [-0.4, -0.2) is 92.6 Å². The summed E-state index contributed by atoms with van der Waals surface area (Å²) < 4.78 is 9.08. The van der Waals surface area contributed by atoms with Crippen LogP contribution in [0.15, 0.2) is 36.8 Å². The maximum atomic E-state index is 13.0. The van der Waals surface area contributed by atoms with E-state index in [4.69, 9.17) is 9.72 Å². The highest BCUT2D eigenvalue weighted by Gasteiger charge is 2.30. The Morgan fingerprint density at radius 3 is 2.85 bits per heavy atom. The van der Waals surface area contributed by atoms with Gasteiger partial charge in [0.2, 0.25) is 0 Å². The molecule has 11 heteroatoms. The third-order valence-corrected chi connectivity index (χ3v) is 6.64. The second kappa shape index (κ2) is 8.05. The molecule has 4 aromatic rings. The normalized spacial score (nSPS) is 21.3. The van der Waals surface area contributed by atoms with Crippen LogP contribution < -0.4 is 10.6 Å². The molecule has 0 unspecified atom stereocenters. The van der Waals surface area contributed by atoms with Crippen molar-refractivity contribution in [1.29, 1.82) is 0 Å². The van der Waals surface area contributed by atoms with Crippen molar-refractivity contribution in [3.8, 4) is 11.3 Å². The van der Waals surface area contributed by atoms with Crippen molar-refractivity contribution < 1.29 is 14.6 Å². The highest BCUT2D eigenvalue weighted by atomic mass is 16.5. The number of anilines is 1. The number of ether oxygens (including phenoxy) is 1. The number of aliphatic hydroxyl groups is 1. The van der Waals surface area contributed by atoms with Gasteiger partial charge in [0, 0.05) is 49.5 Å². The molecule has 176 valence electrons. The molecule has 3 N–H and O–H groups in total. The van der Waals surface area contributed by atoms with Crippen molar-refractivity contribution in [2.75, 3.05) is 45.7 Å². The second-order valence-electron chi connectivity index (χ2n) is 8.95. The summed E-state index contributed by atoms with van der Waals surface area (Å²) in [5, 5.41) is 21.4. The van der Waals surface area contributed by atoms with E-state index in [1.807, 2.05) is 18.2 Å². The van der Waals surface area contributed by atoms with Crippen LogP contribution in [0.4, 0.5) is 5.82 Å². The van der Waals surface area contributed by atoms with E-state index >= 15 is 0 Å². The number of amides is 1. The number of likely N-dealkylation sites (tertiary alicyclic amines) is 1. The van der Waals surface area contributed by atoms with Crippen molar-refractivity contribution in [3.63, 3.8) is 0 Å². The Kier molecular flexibility index (Phi) is 4.97. The second-order valence-corrected chi connectivity index (χ2v) is 8.95. The molecular formula is C23H26N8O3. The maximum absolute atomic E-state index is 13.0. The first-order chi connectivity index (χ1) is 16.5. The molecule has 2 fully saturated rings. The summed E-state index contributed by atoms with van der Waals surface area (Å²) in [6.07, 6.45) is 4.68. The van der Waals surface area contributed by atoms with E-state index in [-0.39, 0.29) is 19.1 Å². The number of rotatable bonds is 5. The number of pyridine rings is 1. The molecule has 0 saturated carbocycles. The van der Waals surface area contributed by atoms with Gasteiger partial charge in [-0.15, -0.1) is 0 Å². The zero-order chi connectivity index (χ0) is 23.4. The first kappa shape index (κ1) is 21.0. The molecule has 2 saturated heterocycles. The van der Waals surface area contributed by atoms with Gasteiger partial charge in [-0.1, -0.05) is 0 Å². The summed E-state index contributed by atoms with van der Waals surface area (Å²) in [6, 6.07) is 5.80. The fourth-order valence-corrected chi connectivity index (χ4v) is 4.77. The molecule has 2 aliphatic heterocycles. The van der Waals surface area contributed by atoms with Crippen LogP contribution in [0.5, 0.6) is 0 Å². The summed E-state index contributed by atoms with van der Waals surface area (Å²) >= 11 is 0. The minimum Gasteiger partial charge on any atom is -0.388 e. The van der Waals surface area contributed by atoms with Crippen molar-refractivity contribution in [2.24, 2.45) is 0 Å². The lowest BCUT2D eigenvalue weighted by Crippen LogP contribution is -2.44. The Hall–Kier alpha value is -3.54. The first-order valence-electron chi connectivity index (χ1n) is 11.3. The van der Waals surface area contributed by atoms with Crippen molar-refractivity contribution in [3.05, 3.63) is 42.4 Å². The van der Waals surface area contributed by atoms with E-state index in [0.717, 1.165) is 35.4 Å². The van der Waals surface area contributed by atoms with Crippen LogP contribution >= 0.6 is 0 Å². The molecule has 4 aromatic heterocycles. The van der Waals surface area contributed by atoms with Crippen LogP contribution in [0.1, 0.15) is 16.4 Å². The van der Waals surface area contributed by atoms with Crippen LogP contribution in [0, 0.1) is 0 Å². The number of carbonyl (C=O) groups is 1. The number of aromatic nitrogens is 5. The van der Waals surface area contributed by atoms with Gasteiger partial charge in [-0.25, -0.2) is 9.97 Å². The third-order valence-electron chi connectivity index (χ3n) is 6.64. The molecule has 0 bridgehead atoms. The quantitative estimate of drug-likeness (QED) is 0.398. The predicted molar refractivity (Wildman–Crippen MR) is 126 cm³/mol. The molecule has 34 heavy (non-hydrogen) atoms. The fourth-order valence-electron chi connectivity index (χ4n) is 4.77. The Labute approximate surface area is 195 Å². The molecule has 0 spiro atoms. The van der Waals surface area contributed by atoms with Gasteiger partial charge in [0.1, 0.15) is 17.0 Å². The van der Waals surface area contributed by atoms with E-state index in [9.17, 15) is 9.90 Å². The molecule has 0 radical (unpaired) electrons. The van der Waals surface area contributed by atoms with Gasteiger partial charge in [0.05, 0.1) is 43.3 Å². The van der Waals surface area contributed by atoms with Gasteiger partial charge >= 0.3 is 0 Å². The maximum Gasteiger partial charge on any atom is 0.257 e. The Bertz CT molecular complexity index is 1390. The van der Waals surface area contributed by atoms with E-state index in [2.05, 4.69) is 43.4 Å². The Morgan fingerprint density at radius 1 is 1.26 bits per heavy atom. The largest absolute Gasteiger partial charge is 0.388 e. The number of carbonyl (C=O) groups excluding carboxylic acids is 1. The van der Waals surface area contributed by atoms with E-state index in [1.54, 1.807) is 17.8 Å². The zero-order valence-corrected chi connectivity index (χ0v) is 19.0. The van der Waals surface area contributed by atoms with Crippen molar-refractivity contribution in [1.82, 2.24) is 34.4 Å². The topological polar surface area (TPSA) is 122 Å². The van der Waals surface area contributed by atoms with Crippen LogP contribution in [0.25, 0.3) is 27.9 Å². The molecule has 6 heterocycles. The standard InChI is InChI=1S/C23H26N8O3/c1-24-20-6-17(16-10-30(13-8-29(2)9-13)21-14(16)4-3-5-25-21)27-22-15(7-26-31(20)22)23(33)28-18-11-34-12-19(18)32/h3-7,10,13,18-19,24,32H,8-9,11-12H2,1-2H3,(H,28,33)/t18-,19+/m0/s1. The number of hydrogen-bond donors (Lipinski definition) is 3. The van der Waals surface area contributed by atoms with E-state index in [0.29, 0.717) is 23.1 Å². The lowest BCUT2D eigenvalue weighted by molar-refractivity contribution is 0.0888. The summed E-state index contributed by atoms with van der Waals surface area (Å²) in [6.45, 7) is 2.42. The third kappa shape index (κ3) is 3.31. The average Bonchev–Trinajstić information content (AvgIpc) is 3.53. The van der Waals surface area contributed by atoms with Crippen molar-refractivity contribution in [2.45, 2.75) is 18.2 Å². The summed E-state index contributed by atoms with van der Waals surface area (Å²) in [7, 11) is 3.91. The van der Waals surface area contributed by atoms with Gasteiger partial charge < -0.3 is 29.9 Å². The Balaban J connectivity index is 1.45. The smallest absolute Gasteiger partial charge is 0.257 e. The summed E-state index contributed by atoms with van der Waals surface area (Å²) in [4.78, 5) is 24.8. The SMILES string of the molecule is CNc1cc(-c2cn(C3CN(C)C3)c3ncccc23)nc2c(C(=O)N[C@H]3COC[C@H]3O)cnn12. The fraction of sp³-hybridized carbons (Fsp3) is 0.391. The molecule has 11 nitrogen and oxygen atoms in total. The first-order valence-corrected chi connectivity index (χ1v) is 11.3. The van der Waals surface area contributed by atoms with Gasteiger partial charge in [-0.2, -0.15) is 9.61 Å². The van der Waals surface area contributed by atoms with E-state index < -0.39 is 12.1 Å². The lowest BCUT2D eigenvalue weighted by atomic mass is 10.1. The molecule has 2 atom stereocenters. The van der Waals surface area contributed by atoms with Gasteiger partial charge in [-0.3, -0.25) is 4.79 Å². The summed E-state index contributed by atoms with van der Waals surface area (Å²) in [5.41, 5.74) is 3.36.